The number of aromatic hydroxyl groups is 4. The fourth-order valence-corrected chi connectivity index (χ4v) is 2.22. The summed E-state index contributed by atoms with van der Waals surface area (Å²) in [5.41, 5.74) is 0.580. The van der Waals surface area contributed by atoms with E-state index >= 15 is 0 Å². The minimum absolute atomic E-state index is 0.0524. The summed E-state index contributed by atoms with van der Waals surface area (Å²) >= 11 is 5.10. The highest BCUT2D eigenvalue weighted by molar-refractivity contribution is 7.71. The van der Waals surface area contributed by atoms with Crippen molar-refractivity contribution in [1.82, 2.24) is 14.9 Å². The molecule has 1 aromatic heterocycles. The molecule has 0 amide bonds. The van der Waals surface area contributed by atoms with Gasteiger partial charge >= 0.3 is 0 Å². The molecule has 0 radical (unpaired) electrons. The largest absolute Gasteiger partial charge is 0.508 e. The number of nitrogens with one attached hydrogen (secondary N) is 1. The lowest BCUT2D eigenvalue weighted by Crippen LogP contribution is -1.95. The smallest absolute Gasteiger partial charge is 0.216 e. The molecule has 9 heteroatoms. The van der Waals surface area contributed by atoms with E-state index in [0.717, 1.165) is 0 Å². The van der Waals surface area contributed by atoms with Crippen molar-refractivity contribution in [3.8, 4) is 34.4 Å². The lowest BCUT2D eigenvalue weighted by Gasteiger charge is -2.04. The van der Waals surface area contributed by atoms with Gasteiger partial charge in [-0.15, -0.1) is 0 Å². The molecule has 0 aliphatic rings. The van der Waals surface area contributed by atoms with Crippen LogP contribution in [0.2, 0.25) is 0 Å². The summed E-state index contributed by atoms with van der Waals surface area (Å²) < 4.78 is 1.39. The summed E-state index contributed by atoms with van der Waals surface area (Å²) in [7, 11) is 0. The van der Waals surface area contributed by atoms with Crippen LogP contribution in [0.15, 0.2) is 41.5 Å². The molecular formula is C15H12N4O4S. The van der Waals surface area contributed by atoms with Crippen molar-refractivity contribution in [3.05, 3.63) is 46.7 Å². The zero-order chi connectivity index (χ0) is 17.3. The number of H-pyrrole nitrogens is 1. The fourth-order valence-electron chi connectivity index (χ4n) is 2.04. The number of hydrogen-bond donors (Lipinski definition) is 5. The van der Waals surface area contributed by atoms with Gasteiger partial charge in [0, 0.05) is 11.6 Å². The second-order valence-corrected chi connectivity index (χ2v) is 5.24. The minimum atomic E-state index is -0.157. The van der Waals surface area contributed by atoms with E-state index in [9.17, 15) is 20.4 Å². The standard InChI is InChI=1S/C15H12N4O4S/c20-9-3-4-12(22)11(5-9)14-17-18-15(24)19(14)16-7-8-1-2-10(21)6-13(8)23/h1-7,20-23H,(H,18,24)/b16-7+. The molecular weight excluding hydrogens is 332 g/mol. The fraction of sp³-hybridized carbons (Fsp3) is 0. The van der Waals surface area contributed by atoms with Crippen LogP contribution in [-0.4, -0.2) is 41.5 Å². The molecule has 0 aliphatic heterocycles. The zero-order valence-electron chi connectivity index (χ0n) is 12.1. The lowest BCUT2D eigenvalue weighted by molar-refractivity contribution is 0.450. The van der Waals surface area contributed by atoms with E-state index in [0.29, 0.717) is 5.56 Å². The van der Waals surface area contributed by atoms with E-state index in [1.807, 2.05) is 0 Å². The molecule has 1 heterocycles. The van der Waals surface area contributed by atoms with Gasteiger partial charge in [-0.25, -0.2) is 5.10 Å². The van der Waals surface area contributed by atoms with E-state index in [2.05, 4.69) is 15.3 Å². The monoisotopic (exact) mass is 344 g/mol. The van der Waals surface area contributed by atoms with Gasteiger partial charge in [0.2, 0.25) is 4.77 Å². The predicted octanol–water partition coefficient (Wildman–Crippen LogP) is 2.31. The van der Waals surface area contributed by atoms with E-state index in [1.54, 1.807) is 0 Å². The van der Waals surface area contributed by atoms with Crippen molar-refractivity contribution in [2.45, 2.75) is 0 Å². The van der Waals surface area contributed by atoms with Gasteiger partial charge in [-0.1, -0.05) is 0 Å². The van der Waals surface area contributed by atoms with E-state index in [-0.39, 0.29) is 39.2 Å². The summed E-state index contributed by atoms with van der Waals surface area (Å²) in [6.07, 6.45) is 1.32. The van der Waals surface area contributed by atoms with Crippen molar-refractivity contribution < 1.29 is 20.4 Å². The van der Waals surface area contributed by atoms with Crippen molar-refractivity contribution in [3.63, 3.8) is 0 Å². The van der Waals surface area contributed by atoms with Crippen LogP contribution in [0.1, 0.15) is 5.56 Å². The van der Waals surface area contributed by atoms with Gasteiger partial charge in [-0.3, -0.25) is 0 Å². The summed E-state index contributed by atoms with van der Waals surface area (Å²) in [6.45, 7) is 0. The normalized spacial score (nSPS) is 11.2. The van der Waals surface area contributed by atoms with E-state index in [1.165, 1.54) is 47.3 Å². The highest BCUT2D eigenvalue weighted by Crippen LogP contribution is 2.31. The Balaban J connectivity index is 2.06. The first-order valence-corrected chi connectivity index (χ1v) is 7.12. The number of benzene rings is 2. The van der Waals surface area contributed by atoms with E-state index < -0.39 is 0 Å². The molecule has 3 rings (SSSR count). The molecule has 5 N–H and O–H groups in total. The minimum Gasteiger partial charge on any atom is -0.508 e. The number of hydrogen-bond acceptors (Lipinski definition) is 7. The van der Waals surface area contributed by atoms with Crippen LogP contribution >= 0.6 is 12.2 Å². The number of aromatic nitrogens is 3. The molecule has 8 nitrogen and oxygen atoms in total. The summed E-state index contributed by atoms with van der Waals surface area (Å²) in [5.74, 6) is -0.206. The van der Waals surface area contributed by atoms with Crippen LogP contribution in [0.25, 0.3) is 11.4 Å². The number of phenolic OH excluding ortho intramolecular Hbond substituents is 4. The summed E-state index contributed by atoms with van der Waals surface area (Å²) in [5, 5.41) is 49.3. The zero-order valence-corrected chi connectivity index (χ0v) is 12.9. The first-order valence-electron chi connectivity index (χ1n) is 6.72. The Morgan fingerprint density at radius 1 is 1.00 bits per heavy atom. The number of nitrogens with zero attached hydrogens (tertiary/aromatic N) is 3. The molecule has 0 bridgehead atoms. The van der Waals surface area contributed by atoms with Gasteiger partial charge in [0.05, 0.1) is 11.8 Å². The topological polar surface area (TPSA) is 127 Å². The molecule has 0 saturated carbocycles. The van der Waals surface area contributed by atoms with Crippen LogP contribution in [-0.2, 0) is 0 Å². The maximum Gasteiger partial charge on any atom is 0.216 e. The van der Waals surface area contributed by atoms with Crippen LogP contribution < -0.4 is 0 Å². The molecule has 24 heavy (non-hydrogen) atoms. The first-order chi connectivity index (χ1) is 11.5. The first kappa shape index (κ1) is 15.6. The molecule has 122 valence electrons. The number of rotatable bonds is 3. The van der Waals surface area contributed by atoms with Crippen LogP contribution in [0.4, 0.5) is 0 Å². The molecule has 0 atom stereocenters. The Morgan fingerprint density at radius 3 is 2.46 bits per heavy atom. The van der Waals surface area contributed by atoms with Gasteiger partial charge in [-0.2, -0.15) is 14.9 Å². The third-order valence-electron chi connectivity index (χ3n) is 3.20. The molecule has 0 aliphatic carbocycles. The molecule has 0 saturated heterocycles. The number of phenols is 4. The van der Waals surface area contributed by atoms with Gasteiger partial charge in [0.15, 0.2) is 5.82 Å². The Hall–Kier alpha value is -3.33. The Labute approximate surface area is 140 Å². The van der Waals surface area contributed by atoms with Gasteiger partial charge < -0.3 is 20.4 Å². The maximum atomic E-state index is 9.95. The van der Waals surface area contributed by atoms with Crippen molar-refractivity contribution in [2.24, 2.45) is 5.10 Å². The molecule has 0 fully saturated rings. The average molecular weight is 344 g/mol. The predicted molar refractivity (Wildman–Crippen MR) is 88.9 cm³/mol. The highest BCUT2D eigenvalue weighted by Gasteiger charge is 2.13. The maximum absolute atomic E-state index is 9.95. The van der Waals surface area contributed by atoms with Gasteiger partial charge in [0.1, 0.15) is 23.0 Å². The Kier molecular flexibility index (Phi) is 3.92. The van der Waals surface area contributed by atoms with Crippen LogP contribution in [0.3, 0.4) is 0 Å². The van der Waals surface area contributed by atoms with Crippen molar-refractivity contribution in [2.75, 3.05) is 0 Å². The van der Waals surface area contributed by atoms with Crippen LogP contribution in [0, 0.1) is 4.77 Å². The second kappa shape index (κ2) is 6.05. The number of aromatic amines is 1. The van der Waals surface area contributed by atoms with E-state index in [4.69, 9.17) is 12.2 Å². The molecule has 0 unspecified atom stereocenters. The van der Waals surface area contributed by atoms with Gasteiger partial charge in [0.25, 0.3) is 0 Å². The lowest BCUT2D eigenvalue weighted by atomic mass is 10.2. The van der Waals surface area contributed by atoms with Gasteiger partial charge in [-0.05, 0) is 42.5 Å². The van der Waals surface area contributed by atoms with Crippen molar-refractivity contribution >= 4 is 18.4 Å². The highest BCUT2D eigenvalue weighted by atomic mass is 32.1. The Morgan fingerprint density at radius 2 is 1.71 bits per heavy atom. The summed E-state index contributed by atoms with van der Waals surface area (Å²) in [4.78, 5) is 0. The average Bonchev–Trinajstić information content (AvgIpc) is 2.90. The molecule has 2 aromatic carbocycles. The quantitative estimate of drug-likeness (QED) is 0.282. The van der Waals surface area contributed by atoms with Crippen LogP contribution in [0.5, 0.6) is 23.0 Å². The third kappa shape index (κ3) is 2.92. The second-order valence-electron chi connectivity index (χ2n) is 4.85. The SMILES string of the molecule is Oc1ccc(/C=N/n2c(-c3cc(O)ccc3O)n[nH]c2=S)c(O)c1. The molecule has 0 spiro atoms. The Bertz CT molecular complexity index is 993. The third-order valence-corrected chi connectivity index (χ3v) is 3.46. The van der Waals surface area contributed by atoms with Crippen molar-refractivity contribution in [1.29, 1.82) is 0 Å². The molecule has 3 aromatic rings. The summed E-state index contributed by atoms with van der Waals surface area (Å²) in [6, 6.07) is 8.04.